The van der Waals surface area contributed by atoms with E-state index >= 15 is 0 Å². The Balaban J connectivity index is 2.01. The van der Waals surface area contributed by atoms with E-state index in [9.17, 15) is 14.0 Å². The summed E-state index contributed by atoms with van der Waals surface area (Å²) in [6.07, 6.45) is 1.40. The Morgan fingerprint density at radius 1 is 1.57 bits per heavy atom. The molecule has 1 aromatic heterocycles. The fourth-order valence-electron chi connectivity index (χ4n) is 2.33. The zero-order valence-electron chi connectivity index (χ0n) is 11.8. The van der Waals surface area contributed by atoms with Crippen LogP contribution in [0, 0.1) is 0 Å². The van der Waals surface area contributed by atoms with Gasteiger partial charge in [0.1, 0.15) is 6.17 Å². The summed E-state index contributed by atoms with van der Waals surface area (Å²) in [5.41, 5.74) is 5.15. The predicted molar refractivity (Wildman–Crippen MR) is 72.2 cm³/mol. The number of halogens is 1. The molecule has 0 spiro atoms. The van der Waals surface area contributed by atoms with Gasteiger partial charge in [0, 0.05) is 13.0 Å². The molecule has 1 aliphatic rings. The molecule has 116 valence electrons. The van der Waals surface area contributed by atoms with Crippen molar-refractivity contribution in [3.63, 3.8) is 0 Å². The van der Waals surface area contributed by atoms with Crippen LogP contribution in [0.15, 0.2) is 6.20 Å². The minimum atomic E-state index is -1.05. The molecule has 1 fully saturated rings. The van der Waals surface area contributed by atoms with Crippen LogP contribution in [-0.2, 0) is 6.54 Å². The predicted octanol–water partition coefficient (Wildman–Crippen LogP) is -0.0910. The molecule has 3 amide bonds. The normalized spacial score (nSPS) is 21.5. The van der Waals surface area contributed by atoms with Crippen molar-refractivity contribution in [1.82, 2.24) is 25.2 Å². The van der Waals surface area contributed by atoms with E-state index in [1.54, 1.807) is 0 Å². The van der Waals surface area contributed by atoms with Crippen LogP contribution in [0.5, 0.6) is 0 Å². The number of urea groups is 1. The third-order valence-corrected chi connectivity index (χ3v) is 3.34. The first-order valence-electron chi connectivity index (χ1n) is 6.89. The van der Waals surface area contributed by atoms with E-state index in [1.807, 2.05) is 6.92 Å². The minimum absolute atomic E-state index is 0.0479. The number of carbonyl (C=O) groups is 2. The Morgan fingerprint density at radius 2 is 2.33 bits per heavy atom. The number of nitrogens with zero attached hydrogens (tertiary/aromatic N) is 4. The van der Waals surface area contributed by atoms with Crippen LogP contribution in [0.2, 0.25) is 0 Å². The number of aromatic nitrogens is 3. The molecule has 0 aliphatic carbocycles. The van der Waals surface area contributed by atoms with Gasteiger partial charge in [-0.1, -0.05) is 12.1 Å². The summed E-state index contributed by atoms with van der Waals surface area (Å²) in [5, 5.41) is 10.1. The first-order valence-corrected chi connectivity index (χ1v) is 6.89. The summed E-state index contributed by atoms with van der Waals surface area (Å²) >= 11 is 0. The fourth-order valence-corrected chi connectivity index (χ4v) is 2.33. The van der Waals surface area contributed by atoms with E-state index in [0.29, 0.717) is 6.54 Å². The molecule has 3 N–H and O–H groups in total. The van der Waals surface area contributed by atoms with Gasteiger partial charge >= 0.3 is 6.03 Å². The van der Waals surface area contributed by atoms with Gasteiger partial charge in [0.25, 0.3) is 5.91 Å². The molecule has 0 aromatic carbocycles. The van der Waals surface area contributed by atoms with Crippen LogP contribution in [0.3, 0.4) is 0 Å². The highest BCUT2D eigenvalue weighted by Gasteiger charge is 2.35. The van der Waals surface area contributed by atoms with Gasteiger partial charge in [-0.05, 0) is 6.42 Å². The molecule has 0 bridgehead atoms. The molecule has 2 rings (SSSR count). The molecule has 8 nitrogen and oxygen atoms in total. The highest BCUT2D eigenvalue weighted by molar-refractivity contribution is 5.90. The lowest BCUT2D eigenvalue weighted by atomic mass is 10.2. The number of amides is 3. The second kappa shape index (κ2) is 6.51. The smallest absolute Gasteiger partial charge is 0.317 e. The van der Waals surface area contributed by atoms with Crippen molar-refractivity contribution in [3.05, 3.63) is 11.9 Å². The Hall–Kier alpha value is -2.19. The van der Waals surface area contributed by atoms with E-state index in [1.165, 1.54) is 15.8 Å². The number of hydrogen-bond donors (Lipinski definition) is 2. The number of rotatable bonds is 5. The molecule has 1 aromatic rings. The standard InChI is InChI=1S/C12H19FN6O2/c1-2-3-15-12(21)19-5-8(13)4-9(19)6-18-7-10(11(14)20)16-17-18/h7-9H,2-6H2,1H3,(H2,14,20)(H,15,21)/t8-,9-/m0/s1. The molecule has 9 heteroatoms. The van der Waals surface area contributed by atoms with Crippen molar-refractivity contribution in [2.45, 2.75) is 38.5 Å². The molecular formula is C12H19FN6O2. The third-order valence-electron chi connectivity index (χ3n) is 3.34. The maximum absolute atomic E-state index is 13.6. The zero-order chi connectivity index (χ0) is 15.4. The van der Waals surface area contributed by atoms with Crippen molar-refractivity contribution in [1.29, 1.82) is 0 Å². The lowest BCUT2D eigenvalue weighted by Gasteiger charge is -2.24. The van der Waals surface area contributed by atoms with Gasteiger partial charge in [-0.15, -0.1) is 5.10 Å². The van der Waals surface area contributed by atoms with Gasteiger partial charge in [-0.2, -0.15) is 0 Å². The summed E-state index contributed by atoms with van der Waals surface area (Å²) in [7, 11) is 0. The van der Waals surface area contributed by atoms with Gasteiger partial charge < -0.3 is 16.0 Å². The molecular weight excluding hydrogens is 279 g/mol. The lowest BCUT2D eigenvalue weighted by Crippen LogP contribution is -2.44. The summed E-state index contributed by atoms with van der Waals surface area (Å²) in [4.78, 5) is 24.4. The van der Waals surface area contributed by atoms with Gasteiger partial charge in [0.2, 0.25) is 0 Å². The van der Waals surface area contributed by atoms with E-state index < -0.39 is 12.1 Å². The average Bonchev–Trinajstić information content (AvgIpc) is 3.03. The topological polar surface area (TPSA) is 106 Å². The number of alkyl halides is 1. The Morgan fingerprint density at radius 3 is 2.95 bits per heavy atom. The van der Waals surface area contributed by atoms with Crippen LogP contribution in [0.1, 0.15) is 30.3 Å². The number of likely N-dealkylation sites (tertiary alicyclic amines) is 1. The maximum Gasteiger partial charge on any atom is 0.317 e. The van der Waals surface area contributed by atoms with Crippen molar-refractivity contribution in [3.8, 4) is 0 Å². The second-order valence-electron chi connectivity index (χ2n) is 5.06. The quantitative estimate of drug-likeness (QED) is 0.792. The number of hydrogen-bond acceptors (Lipinski definition) is 4. The Bertz CT molecular complexity index is 520. The largest absolute Gasteiger partial charge is 0.364 e. The first-order chi connectivity index (χ1) is 10.0. The fraction of sp³-hybridized carbons (Fsp3) is 0.667. The SMILES string of the molecule is CCCNC(=O)N1C[C@@H](F)C[C@H]1Cn1cc(C(N)=O)nn1. The van der Waals surface area contributed by atoms with E-state index in [4.69, 9.17) is 5.73 Å². The first kappa shape index (κ1) is 15.2. The average molecular weight is 298 g/mol. The summed E-state index contributed by atoms with van der Waals surface area (Å²) in [6.45, 7) is 2.84. The minimum Gasteiger partial charge on any atom is -0.364 e. The van der Waals surface area contributed by atoms with Crippen LogP contribution in [0.4, 0.5) is 9.18 Å². The molecule has 2 heterocycles. The molecule has 1 saturated heterocycles. The van der Waals surface area contributed by atoms with Crippen molar-refractivity contribution >= 4 is 11.9 Å². The van der Waals surface area contributed by atoms with E-state index in [-0.39, 0.29) is 37.3 Å². The maximum atomic E-state index is 13.6. The van der Waals surface area contributed by atoms with Gasteiger partial charge in [0.05, 0.1) is 25.3 Å². The highest BCUT2D eigenvalue weighted by atomic mass is 19.1. The molecule has 0 unspecified atom stereocenters. The van der Waals surface area contributed by atoms with Gasteiger partial charge in [-0.3, -0.25) is 4.79 Å². The molecule has 0 radical (unpaired) electrons. The molecule has 1 aliphatic heterocycles. The number of nitrogens with two attached hydrogens (primary N) is 1. The number of primary amides is 1. The summed E-state index contributed by atoms with van der Waals surface area (Å²) in [6, 6.07) is -0.600. The van der Waals surface area contributed by atoms with Crippen molar-refractivity contribution < 1.29 is 14.0 Å². The second-order valence-corrected chi connectivity index (χ2v) is 5.06. The third kappa shape index (κ3) is 3.67. The monoisotopic (exact) mass is 298 g/mol. The Kier molecular flexibility index (Phi) is 4.71. The molecule has 21 heavy (non-hydrogen) atoms. The van der Waals surface area contributed by atoms with Crippen LogP contribution >= 0.6 is 0 Å². The van der Waals surface area contributed by atoms with E-state index in [2.05, 4.69) is 15.6 Å². The lowest BCUT2D eigenvalue weighted by molar-refractivity contribution is 0.0995. The summed E-state index contributed by atoms with van der Waals surface area (Å²) < 4.78 is 15.0. The zero-order valence-corrected chi connectivity index (χ0v) is 11.8. The van der Waals surface area contributed by atoms with Gasteiger partial charge in [-0.25, -0.2) is 13.9 Å². The molecule has 2 atom stereocenters. The van der Waals surface area contributed by atoms with Crippen LogP contribution < -0.4 is 11.1 Å². The van der Waals surface area contributed by atoms with Crippen molar-refractivity contribution in [2.75, 3.05) is 13.1 Å². The number of nitrogens with one attached hydrogen (secondary N) is 1. The Labute approximate surface area is 121 Å². The van der Waals surface area contributed by atoms with Gasteiger partial charge in [0.15, 0.2) is 5.69 Å². The van der Waals surface area contributed by atoms with Crippen LogP contribution in [0.25, 0.3) is 0 Å². The molecule has 0 saturated carbocycles. The highest BCUT2D eigenvalue weighted by Crippen LogP contribution is 2.21. The number of carbonyl (C=O) groups excluding carboxylic acids is 2. The summed E-state index contributed by atoms with van der Waals surface area (Å²) in [5.74, 6) is -0.673. The van der Waals surface area contributed by atoms with E-state index in [0.717, 1.165) is 6.42 Å². The van der Waals surface area contributed by atoms with Crippen LogP contribution in [-0.4, -0.2) is 57.1 Å². The van der Waals surface area contributed by atoms with Crippen molar-refractivity contribution in [2.24, 2.45) is 5.73 Å².